The van der Waals surface area contributed by atoms with Crippen LogP contribution in [0.2, 0.25) is 0 Å². The van der Waals surface area contributed by atoms with E-state index < -0.39 is 11.7 Å². The predicted molar refractivity (Wildman–Crippen MR) is 135 cm³/mol. The van der Waals surface area contributed by atoms with Crippen LogP contribution in [-0.4, -0.2) is 12.1 Å². The summed E-state index contributed by atoms with van der Waals surface area (Å²) in [6.45, 7) is 0.423. The third kappa shape index (κ3) is 5.28. The van der Waals surface area contributed by atoms with E-state index in [1.165, 1.54) is 28.5 Å². The zero-order chi connectivity index (χ0) is 25.1. The van der Waals surface area contributed by atoms with Gasteiger partial charge in [-0.25, -0.2) is 4.99 Å². The Hall–Kier alpha value is -3.65. The molecule has 184 valence electrons. The third-order valence-corrected chi connectivity index (χ3v) is 7.29. The molecular weight excluding hydrogens is 485 g/mol. The van der Waals surface area contributed by atoms with Gasteiger partial charge in [0, 0.05) is 17.0 Å². The van der Waals surface area contributed by atoms with Crippen molar-refractivity contribution in [3.63, 3.8) is 0 Å². The van der Waals surface area contributed by atoms with Crippen molar-refractivity contribution in [2.75, 3.05) is 0 Å². The lowest BCUT2D eigenvalue weighted by Crippen LogP contribution is -2.24. The molecule has 0 fully saturated rings. The van der Waals surface area contributed by atoms with Gasteiger partial charge in [-0.05, 0) is 61.1 Å². The van der Waals surface area contributed by atoms with Gasteiger partial charge in [0.25, 0.3) is 5.91 Å². The number of halogens is 3. The highest BCUT2D eigenvalue weighted by Crippen LogP contribution is 2.40. The van der Waals surface area contributed by atoms with Crippen molar-refractivity contribution < 1.29 is 22.4 Å². The molecule has 0 bridgehead atoms. The van der Waals surface area contributed by atoms with Gasteiger partial charge in [0.15, 0.2) is 0 Å². The van der Waals surface area contributed by atoms with E-state index in [1.807, 2.05) is 30.3 Å². The number of amides is 1. The molecule has 0 radical (unpaired) electrons. The van der Waals surface area contributed by atoms with Crippen LogP contribution in [0.1, 0.15) is 50.5 Å². The van der Waals surface area contributed by atoms with Crippen molar-refractivity contribution in [2.24, 2.45) is 4.99 Å². The Bertz CT molecular complexity index is 1400. The minimum absolute atomic E-state index is 0.158. The number of furan rings is 1. The van der Waals surface area contributed by atoms with E-state index in [0.29, 0.717) is 34.2 Å². The Kier molecular flexibility index (Phi) is 6.78. The van der Waals surface area contributed by atoms with Gasteiger partial charge in [-0.1, -0.05) is 42.5 Å². The SMILES string of the molecule is O=C(NCc1ccccc1)c1c(/N=C/c2ccc(-c3cccc(C(F)(F)F)c3)o2)sc2c1CCCC2. The average Bonchev–Trinajstić information content (AvgIpc) is 3.51. The quantitative estimate of drug-likeness (QED) is 0.273. The van der Waals surface area contributed by atoms with Gasteiger partial charge in [0.05, 0.1) is 17.3 Å². The van der Waals surface area contributed by atoms with E-state index in [-0.39, 0.29) is 5.91 Å². The summed E-state index contributed by atoms with van der Waals surface area (Å²) < 4.78 is 45.0. The average molecular weight is 509 g/mol. The van der Waals surface area contributed by atoms with Crippen molar-refractivity contribution in [1.29, 1.82) is 0 Å². The molecule has 4 nitrogen and oxygen atoms in total. The van der Waals surface area contributed by atoms with Crippen LogP contribution in [0.3, 0.4) is 0 Å². The molecule has 2 aromatic carbocycles. The molecule has 0 aliphatic heterocycles. The monoisotopic (exact) mass is 508 g/mol. The second-order valence-corrected chi connectivity index (χ2v) is 9.68. The molecule has 0 atom stereocenters. The summed E-state index contributed by atoms with van der Waals surface area (Å²) in [5.41, 5.74) is 2.27. The van der Waals surface area contributed by atoms with E-state index in [2.05, 4.69) is 10.3 Å². The number of hydrogen-bond donors (Lipinski definition) is 1. The number of rotatable bonds is 6. The summed E-state index contributed by atoms with van der Waals surface area (Å²) in [5.74, 6) is 0.549. The van der Waals surface area contributed by atoms with Crippen LogP contribution in [0.15, 0.2) is 76.1 Å². The largest absolute Gasteiger partial charge is 0.455 e. The number of aryl methyl sites for hydroxylation is 1. The number of carbonyl (C=O) groups excluding carboxylic acids is 1. The molecule has 36 heavy (non-hydrogen) atoms. The van der Waals surface area contributed by atoms with Crippen LogP contribution in [0.5, 0.6) is 0 Å². The lowest BCUT2D eigenvalue weighted by atomic mass is 9.95. The molecular formula is C28H23F3N2O2S. The van der Waals surface area contributed by atoms with E-state index in [4.69, 9.17) is 4.42 Å². The Morgan fingerprint density at radius 3 is 2.64 bits per heavy atom. The minimum atomic E-state index is -4.43. The molecule has 4 aromatic rings. The van der Waals surface area contributed by atoms with Crippen LogP contribution in [0.4, 0.5) is 18.2 Å². The second kappa shape index (κ2) is 10.1. The Labute approximate surface area is 210 Å². The van der Waals surface area contributed by atoms with Crippen LogP contribution < -0.4 is 5.32 Å². The Balaban J connectivity index is 1.39. The van der Waals surface area contributed by atoms with Gasteiger partial charge in [-0.3, -0.25) is 4.79 Å². The van der Waals surface area contributed by atoms with Crippen LogP contribution in [0, 0.1) is 0 Å². The summed E-state index contributed by atoms with van der Waals surface area (Å²) in [4.78, 5) is 19.0. The first-order valence-corrected chi connectivity index (χ1v) is 12.5. The fourth-order valence-corrected chi connectivity index (χ4v) is 5.52. The molecule has 1 amide bonds. The number of nitrogens with zero attached hydrogens (tertiary/aromatic N) is 1. The van der Waals surface area contributed by atoms with Gasteiger partial charge in [0.2, 0.25) is 0 Å². The van der Waals surface area contributed by atoms with Gasteiger partial charge >= 0.3 is 6.18 Å². The predicted octanol–water partition coefficient (Wildman–Crippen LogP) is 7.59. The first-order chi connectivity index (χ1) is 17.4. The molecule has 1 aliphatic rings. The van der Waals surface area contributed by atoms with Gasteiger partial charge in [0.1, 0.15) is 16.5 Å². The zero-order valence-electron chi connectivity index (χ0n) is 19.3. The van der Waals surface area contributed by atoms with Gasteiger partial charge < -0.3 is 9.73 Å². The number of alkyl halides is 3. The fourth-order valence-electron chi connectivity index (χ4n) is 4.29. The van der Waals surface area contributed by atoms with Crippen molar-refractivity contribution in [3.05, 3.63) is 99.6 Å². The number of carbonyl (C=O) groups is 1. The smallest absolute Gasteiger partial charge is 0.416 e. The fraction of sp³-hybridized carbons (Fsp3) is 0.214. The standard InChI is InChI=1S/C28H23F3N2O2S/c29-28(30,31)20-10-6-9-19(15-20)23-14-13-21(35-23)17-33-27-25(22-11-4-5-12-24(22)36-27)26(34)32-16-18-7-2-1-3-8-18/h1-3,6-10,13-15,17H,4-5,11-12,16H2,(H,32,34)/b33-17+. The number of thiophene rings is 1. The number of nitrogens with one attached hydrogen (secondary N) is 1. The number of aliphatic imine (C=N–C) groups is 1. The summed E-state index contributed by atoms with van der Waals surface area (Å²) >= 11 is 1.51. The molecule has 2 heterocycles. The lowest BCUT2D eigenvalue weighted by Gasteiger charge is -2.12. The van der Waals surface area contributed by atoms with Crippen LogP contribution >= 0.6 is 11.3 Å². The summed E-state index contributed by atoms with van der Waals surface area (Å²) in [6, 6.07) is 18.0. The van der Waals surface area contributed by atoms with E-state index in [1.54, 1.807) is 18.2 Å². The molecule has 0 spiro atoms. The maximum atomic E-state index is 13.2. The van der Waals surface area contributed by atoms with Crippen molar-refractivity contribution in [1.82, 2.24) is 5.32 Å². The van der Waals surface area contributed by atoms with Crippen molar-refractivity contribution in [3.8, 4) is 11.3 Å². The summed E-state index contributed by atoms with van der Waals surface area (Å²) in [5, 5.41) is 3.63. The molecule has 8 heteroatoms. The first-order valence-electron chi connectivity index (χ1n) is 11.7. The van der Waals surface area contributed by atoms with Crippen LogP contribution in [0.25, 0.3) is 11.3 Å². The van der Waals surface area contributed by atoms with Crippen molar-refractivity contribution in [2.45, 2.75) is 38.4 Å². The molecule has 5 rings (SSSR count). The summed E-state index contributed by atoms with van der Waals surface area (Å²) in [6.07, 6.45) is 0.973. The van der Waals surface area contributed by atoms with Crippen molar-refractivity contribution >= 4 is 28.5 Å². The molecule has 0 unspecified atom stereocenters. The highest BCUT2D eigenvalue weighted by molar-refractivity contribution is 7.16. The molecule has 1 N–H and O–H groups in total. The summed E-state index contributed by atoms with van der Waals surface area (Å²) in [7, 11) is 0. The van der Waals surface area contributed by atoms with E-state index >= 15 is 0 Å². The van der Waals surface area contributed by atoms with Gasteiger partial charge in [-0.15, -0.1) is 11.3 Å². The lowest BCUT2D eigenvalue weighted by molar-refractivity contribution is -0.137. The maximum Gasteiger partial charge on any atom is 0.416 e. The van der Waals surface area contributed by atoms with Crippen LogP contribution in [-0.2, 0) is 25.6 Å². The normalized spacial score (nSPS) is 13.6. The number of fused-ring (bicyclic) bond motifs is 1. The van der Waals surface area contributed by atoms with E-state index in [9.17, 15) is 18.0 Å². The topological polar surface area (TPSA) is 54.6 Å². The highest BCUT2D eigenvalue weighted by atomic mass is 32.1. The maximum absolute atomic E-state index is 13.2. The van der Waals surface area contributed by atoms with E-state index in [0.717, 1.165) is 48.9 Å². The highest BCUT2D eigenvalue weighted by Gasteiger charge is 2.30. The minimum Gasteiger partial charge on any atom is -0.455 e. The Morgan fingerprint density at radius 2 is 1.83 bits per heavy atom. The molecule has 0 saturated carbocycles. The zero-order valence-corrected chi connectivity index (χ0v) is 20.1. The number of hydrogen-bond acceptors (Lipinski definition) is 4. The third-order valence-electron chi connectivity index (χ3n) is 6.09. The molecule has 0 saturated heterocycles. The second-order valence-electron chi connectivity index (χ2n) is 8.60. The Morgan fingerprint density at radius 1 is 1.03 bits per heavy atom. The molecule has 2 aromatic heterocycles. The number of benzene rings is 2. The first kappa shape index (κ1) is 24.1. The molecule has 1 aliphatic carbocycles. The van der Waals surface area contributed by atoms with Gasteiger partial charge in [-0.2, -0.15) is 13.2 Å².